The first-order valence-corrected chi connectivity index (χ1v) is 10.9. The predicted molar refractivity (Wildman–Crippen MR) is 108 cm³/mol. The van der Waals surface area contributed by atoms with Crippen molar-refractivity contribution in [1.29, 1.82) is 0 Å². The van der Waals surface area contributed by atoms with E-state index < -0.39 is 11.0 Å². The highest BCUT2D eigenvalue weighted by Gasteiger charge is 2.26. The Hall–Kier alpha value is -2.07. The van der Waals surface area contributed by atoms with Gasteiger partial charge in [0, 0.05) is 49.3 Å². The zero-order valence-corrected chi connectivity index (χ0v) is 16.9. The van der Waals surface area contributed by atoms with E-state index in [1.165, 1.54) is 4.57 Å². The van der Waals surface area contributed by atoms with Crippen LogP contribution in [-0.2, 0) is 32.0 Å². The van der Waals surface area contributed by atoms with Crippen LogP contribution >= 0.6 is 0 Å². The third-order valence-corrected chi connectivity index (χ3v) is 7.02. The highest BCUT2D eigenvalue weighted by atomic mass is 32.2. The summed E-state index contributed by atoms with van der Waals surface area (Å²) in [5.74, 6) is -0.485. The lowest BCUT2D eigenvalue weighted by Gasteiger charge is -2.20. The molecule has 2 aliphatic rings. The number of nitrogens with zero attached hydrogens (tertiary/aromatic N) is 2. The number of aromatic nitrogens is 1. The second-order valence-corrected chi connectivity index (χ2v) is 8.93. The monoisotopic (exact) mass is 419 g/mol. The van der Waals surface area contributed by atoms with Crippen molar-refractivity contribution in [3.05, 3.63) is 40.8 Å². The van der Waals surface area contributed by atoms with Gasteiger partial charge in [0.05, 0.1) is 10.8 Å². The third-order valence-electron chi connectivity index (χ3n) is 5.49. The fourth-order valence-corrected chi connectivity index (χ4v) is 5.21. The summed E-state index contributed by atoms with van der Waals surface area (Å²) in [5, 5.41) is 1.09. The normalized spacial score (nSPS) is 22.0. The average molecular weight is 420 g/mol. The zero-order chi connectivity index (χ0) is 20.4. The molecule has 0 saturated carbocycles. The minimum Gasteiger partial charge on any atom is -0.444 e. The Morgan fingerprint density at radius 3 is 2.72 bits per heavy atom. The number of ether oxygens (including phenoxy) is 2. The van der Waals surface area contributed by atoms with Crippen LogP contribution in [0, 0.1) is 5.92 Å². The summed E-state index contributed by atoms with van der Waals surface area (Å²) in [6, 6.07) is 6.98. The summed E-state index contributed by atoms with van der Waals surface area (Å²) >= 11 is 0. The molecule has 2 aromatic rings. The highest BCUT2D eigenvalue weighted by molar-refractivity contribution is 7.83. The topological polar surface area (TPSA) is 104 Å². The summed E-state index contributed by atoms with van der Waals surface area (Å²) in [7, 11) is -1.38. The van der Waals surface area contributed by atoms with E-state index in [0.29, 0.717) is 54.8 Å². The first-order chi connectivity index (χ1) is 14.0. The second-order valence-electron chi connectivity index (χ2n) is 7.47. The molecule has 8 nitrogen and oxygen atoms in total. The molecule has 0 aliphatic carbocycles. The maximum atomic E-state index is 13.0. The molecule has 2 saturated heterocycles. The lowest BCUT2D eigenvalue weighted by Crippen LogP contribution is -2.29. The Morgan fingerprint density at radius 1 is 1.21 bits per heavy atom. The Balaban J connectivity index is 1.54. The van der Waals surface area contributed by atoms with Gasteiger partial charge < -0.3 is 15.2 Å². The van der Waals surface area contributed by atoms with E-state index in [9.17, 15) is 13.8 Å². The molecule has 2 unspecified atom stereocenters. The SMILES string of the molecule is NC1CCN(S(=O)c2cccc3c(=O)n(COC(=O)C4CCOCC4)ccc23)C1. The lowest BCUT2D eigenvalue weighted by molar-refractivity contribution is -0.155. The van der Waals surface area contributed by atoms with Crippen molar-refractivity contribution in [1.82, 2.24) is 8.87 Å². The van der Waals surface area contributed by atoms with Crippen molar-refractivity contribution in [3.63, 3.8) is 0 Å². The van der Waals surface area contributed by atoms with Gasteiger partial charge in [0.1, 0.15) is 11.0 Å². The van der Waals surface area contributed by atoms with E-state index >= 15 is 0 Å². The van der Waals surface area contributed by atoms with Crippen molar-refractivity contribution in [2.75, 3.05) is 26.3 Å². The van der Waals surface area contributed by atoms with Gasteiger partial charge in [-0.05, 0) is 37.5 Å². The maximum Gasteiger partial charge on any atom is 0.310 e. The first kappa shape index (κ1) is 20.2. The molecule has 0 amide bonds. The Labute approximate surface area is 171 Å². The van der Waals surface area contributed by atoms with E-state index in [-0.39, 0.29) is 30.2 Å². The summed E-state index contributed by atoms with van der Waals surface area (Å²) in [6.45, 7) is 2.21. The molecule has 1 aromatic heterocycles. The summed E-state index contributed by atoms with van der Waals surface area (Å²) in [6.07, 6.45) is 3.67. The Morgan fingerprint density at radius 2 is 2.00 bits per heavy atom. The van der Waals surface area contributed by atoms with Crippen LogP contribution in [0.1, 0.15) is 19.3 Å². The largest absolute Gasteiger partial charge is 0.444 e. The summed E-state index contributed by atoms with van der Waals surface area (Å²) < 4.78 is 26.8. The molecule has 4 rings (SSSR count). The van der Waals surface area contributed by atoms with Crippen molar-refractivity contribution in [2.45, 2.75) is 36.9 Å². The Bertz CT molecular complexity index is 986. The highest BCUT2D eigenvalue weighted by Crippen LogP contribution is 2.23. The smallest absolute Gasteiger partial charge is 0.310 e. The maximum absolute atomic E-state index is 13.0. The zero-order valence-electron chi connectivity index (χ0n) is 16.1. The molecule has 0 bridgehead atoms. The number of carbonyl (C=O) groups is 1. The van der Waals surface area contributed by atoms with Gasteiger partial charge >= 0.3 is 5.97 Å². The first-order valence-electron chi connectivity index (χ1n) is 9.83. The molecule has 2 atom stereocenters. The Kier molecular flexibility index (Phi) is 6.09. The van der Waals surface area contributed by atoms with Crippen molar-refractivity contribution in [2.24, 2.45) is 11.7 Å². The fourth-order valence-electron chi connectivity index (χ4n) is 3.77. The molecule has 2 fully saturated rings. The molecule has 3 heterocycles. The molecule has 0 spiro atoms. The third kappa shape index (κ3) is 4.28. The molecular weight excluding hydrogens is 394 g/mol. The number of rotatable bonds is 5. The van der Waals surface area contributed by atoms with Gasteiger partial charge in [-0.1, -0.05) is 6.07 Å². The van der Waals surface area contributed by atoms with Crippen LogP contribution in [0.4, 0.5) is 0 Å². The van der Waals surface area contributed by atoms with Crippen LogP contribution in [0.2, 0.25) is 0 Å². The number of nitrogens with two attached hydrogens (primary N) is 1. The van der Waals surface area contributed by atoms with Gasteiger partial charge in [0.25, 0.3) is 5.56 Å². The number of hydrogen-bond acceptors (Lipinski definition) is 6. The van der Waals surface area contributed by atoms with Crippen LogP contribution in [0.3, 0.4) is 0 Å². The number of carbonyl (C=O) groups excluding carboxylic acids is 1. The van der Waals surface area contributed by atoms with Gasteiger partial charge in [0.2, 0.25) is 0 Å². The molecule has 29 heavy (non-hydrogen) atoms. The van der Waals surface area contributed by atoms with E-state index in [4.69, 9.17) is 15.2 Å². The quantitative estimate of drug-likeness (QED) is 0.725. The van der Waals surface area contributed by atoms with E-state index in [1.54, 1.807) is 30.5 Å². The number of pyridine rings is 1. The fraction of sp³-hybridized carbons (Fsp3) is 0.500. The minimum absolute atomic E-state index is 0.0246. The van der Waals surface area contributed by atoms with Crippen molar-refractivity contribution < 1.29 is 18.5 Å². The number of hydrogen-bond donors (Lipinski definition) is 1. The van der Waals surface area contributed by atoms with E-state index in [2.05, 4.69) is 0 Å². The van der Waals surface area contributed by atoms with E-state index in [1.807, 2.05) is 4.31 Å². The molecule has 156 valence electrons. The summed E-state index contributed by atoms with van der Waals surface area (Å²) in [4.78, 5) is 25.7. The van der Waals surface area contributed by atoms with Crippen LogP contribution in [0.25, 0.3) is 10.8 Å². The number of esters is 1. The number of benzene rings is 1. The lowest BCUT2D eigenvalue weighted by atomic mass is 10.0. The summed E-state index contributed by atoms with van der Waals surface area (Å²) in [5.41, 5.74) is 5.65. The molecular formula is C20H25N3O5S. The molecule has 2 N–H and O–H groups in total. The van der Waals surface area contributed by atoms with Crippen molar-refractivity contribution in [3.8, 4) is 0 Å². The standard InChI is InChI=1S/C20H25N3O5S/c21-15-4-9-23(12-15)29(26)18-3-1-2-17-16(18)5-8-22(19(17)24)13-28-20(25)14-6-10-27-11-7-14/h1-3,5,8,14-15H,4,6-7,9-13,21H2. The van der Waals surface area contributed by atoms with Crippen LogP contribution in [0.15, 0.2) is 40.2 Å². The van der Waals surface area contributed by atoms with Crippen LogP contribution < -0.4 is 11.3 Å². The van der Waals surface area contributed by atoms with Gasteiger partial charge in [-0.15, -0.1) is 0 Å². The molecule has 2 aliphatic heterocycles. The van der Waals surface area contributed by atoms with Gasteiger partial charge in [0.15, 0.2) is 6.73 Å². The molecule has 0 radical (unpaired) electrons. The minimum atomic E-state index is -1.38. The predicted octanol–water partition coefficient (Wildman–Crippen LogP) is 0.984. The van der Waals surface area contributed by atoms with Crippen molar-refractivity contribution >= 4 is 27.7 Å². The average Bonchev–Trinajstić information content (AvgIpc) is 3.19. The molecule has 1 aromatic carbocycles. The van der Waals surface area contributed by atoms with Crippen LogP contribution in [0.5, 0.6) is 0 Å². The second kappa shape index (κ2) is 8.74. The molecule has 9 heteroatoms. The van der Waals surface area contributed by atoms with Gasteiger partial charge in [-0.2, -0.15) is 0 Å². The number of fused-ring (bicyclic) bond motifs is 1. The van der Waals surface area contributed by atoms with Gasteiger partial charge in [-0.25, -0.2) is 8.51 Å². The van der Waals surface area contributed by atoms with E-state index in [0.717, 1.165) is 6.42 Å². The van der Waals surface area contributed by atoms with Gasteiger partial charge in [-0.3, -0.25) is 14.2 Å². The van der Waals surface area contributed by atoms with Crippen LogP contribution in [-0.4, -0.2) is 51.4 Å².